The summed E-state index contributed by atoms with van der Waals surface area (Å²) in [5.41, 5.74) is 2.67. The molecule has 2 amide bonds. The summed E-state index contributed by atoms with van der Waals surface area (Å²) in [6.07, 6.45) is -0.280. The summed E-state index contributed by atoms with van der Waals surface area (Å²) in [5, 5.41) is 9.86. The van der Waals surface area contributed by atoms with E-state index in [1.54, 1.807) is 50.5 Å². The molecule has 2 aromatic carbocycles. The molecular formula is C26H33N5O5. The van der Waals surface area contributed by atoms with Crippen LogP contribution in [0.5, 0.6) is 0 Å². The Hall–Kier alpha value is -3.63. The molecule has 0 aliphatic carbocycles. The number of likely N-dealkylation sites (N-methyl/N-ethyl adjacent to an activating group) is 1. The summed E-state index contributed by atoms with van der Waals surface area (Å²) in [4.78, 5) is 44.5. The SMILES string of the molecule is CN1CCN(CCCN(C(=O)O)c2cccc(Cn3c(=O)oc4ccc(C(=O)N(C)C)cc43)c2)CC1. The first-order valence-electron chi connectivity index (χ1n) is 12.1. The molecule has 1 aromatic heterocycles. The number of hydrogen-bond donors (Lipinski definition) is 1. The van der Waals surface area contributed by atoms with Crippen LogP contribution in [0.2, 0.25) is 0 Å². The van der Waals surface area contributed by atoms with Crippen molar-refractivity contribution in [2.45, 2.75) is 13.0 Å². The van der Waals surface area contributed by atoms with E-state index in [-0.39, 0.29) is 12.5 Å². The van der Waals surface area contributed by atoms with Gasteiger partial charge in [-0.2, -0.15) is 0 Å². The molecule has 2 heterocycles. The van der Waals surface area contributed by atoms with Crippen molar-refractivity contribution in [3.63, 3.8) is 0 Å². The van der Waals surface area contributed by atoms with Gasteiger partial charge in [0.2, 0.25) is 0 Å². The first kappa shape index (κ1) is 25.5. The lowest BCUT2D eigenvalue weighted by Gasteiger charge is -2.32. The van der Waals surface area contributed by atoms with Crippen molar-refractivity contribution in [3.05, 3.63) is 64.1 Å². The average Bonchev–Trinajstić information content (AvgIpc) is 3.16. The van der Waals surface area contributed by atoms with Gasteiger partial charge in [0.25, 0.3) is 5.91 Å². The van der Waals surface area contributed by atoms with Crippen molar-refractivity contribution in [2.75, 3.05) is 65.3 Å². The van der Waals surface area contributed by atoms with Gasteiger partial charge < -0.3 is 24.2 Å². The first-order chi connectivity index (χ1) is 17.2. The predicted molar refractivity (Wildman–Crippen MR) is 138 cm³/mol. The fourth-order valence-corrected chi connectivity index (χ4v) is 4.47. The minimum Gasteiger partial charge on any atom is -0.465 e. The van der Waals surface area contributed by atoms with Gasteiger partial charge in [0.05, 0.1) is 12.1 Å². The fraction of sp³-hybridized carbons (Fsp3) is 0.423. The molecule has 1 N–H and O–H groups in total. The lowest BCUT2D eigenvalue weighted by Crippen LogP contribution is -2.45. The monoisotopic (exact) mass is 495 g/mol. The maximum absolute atomic E-state index is 12.6. The van der Waals surface area contributed by atoms with Gasteiger partial charge in [-0.15, -0.1) is 0 Å². The summed E-state index contributed by atoms with van der Waals surface area (Å²) in [7, 11) is 5.44. The smallest absolute Gasteiger partial charge is 0.420 e. The van der Waals surface area contributed by atoms with Crippen molar-refractivity contribution in [1.82, 2.24) is 19.3 Å². The van der Waals surface area contributed by atoms with Gasteiger partial charge in [-0.3, -0.25) is 14.3 Å². The molecule has 10 nitrogen and oxygen atoms in total. The number of piperazine rings is 1. The molecule has 4 rings (SSSR count). The molecule has 0 saturated carbocycles. The summed E-state index contributed by atoms with van der Waals surface area (Å²) < 4.78 is 6.83. The van der Waals surface area contributed by atoms with Gasteiger partial charge in [-0.25, -0.2) is 9.59 Å². The predicted octanol–water partition coefficient (Wildman–Crippen LogP) is 2.47. The number of amides is 2. The topological polar surface area (TPSA) is 102 Å². The standard InChI is InChI=1S/C26H33N5O5/c1-27(2)24(32)20-8-9-23-22(17-20)31(26(35)36-23)18-19-6-4-7-21(16-19)30(25(33)34)11-5-10-29-14-12-28(3)13-15-29/h4,6-9,16-17H,5,10-15,18H2,1-3H3,(H,33,34). The second-order valence-electron chi connectivity index (χ2n) is 9.44. The van der Waals surface area contributed by atoms with Crippen LogP contribution < -0.4 is 10.7 Å². The molecule has 3 aromatic rings. The van der Waals surface area contributed by atoms with E-state index in [1.165, 1.54) is 14.4 Å². The molecule has 0 spiro atoms. The van der Waals surface area contributed by atoms with Gasteiger partial charge >= 0.3 is 11.8 Å². The Labute approximate surface area is 209 Å². The van der Waals surface area contributed by atoms with E-state index in [4.69, 9.17) is 4.42 Å². The van der Waals surface area contributed by atoms with Gasteiger partial charge in [0, 0.05) is 58.1 Å². The number of nitrogens with zero attached hydrogens (tertiary/aromatic N) is 5. The highest BCUT2D eigenvalue weighted by Gasteiger charge is 2.19. The van der Waals surface area contributed by atoms with Gasteiger partial charge in [0.15, 0.2) is 5.58 Å². The number of carbonyl (C=O) groups excluding carboxylic acids is 1. The third-order valence-electron chi connectivity index (χ3n) is 6.57. The van der Waals surface area contributed by atoms with Crippen LogP contribution in [0.4, 0.5) is 10.5 Å². The molecule has 1 fully saturated rings. The zero-order valence-electron chi connectivity index (χ0n) is 21.0. The van der Waals surface area contributed by atoms with E-state index < -0.39 is 11.8 Å². The Kier molecular flexibility index (Phi) is 7.76. The number of anilines is 1. The van der Waals surface area contributed by atoms with E-state index >= 15 is 0 Å². The van der Waals surface area contributed by atoms with Gasteiger partial charge in [0.1, 0.15) is 0 Å². The van der Waals surface area contributed by atoms with E-state index in [9.17, 15) is 19.5 Å². The van der Waals surface area contributed by atoms with Gasteiger partial charge in [-0.05, 0) is 55.9 Å². The zero-order valence-corrected chi connectivity index (χ0v) is 21.0. The van der Waals surface area contributed by atoms with Crippen molar-refractivity contribution in [2.24, 2.45) is 0 Å². The maximum atomic E-state index is 12.6. The largest absolute Gasteiger partial charge is 0.465 e. The number of carbonyl (C=O) groups is 2. The van der Waals surface area contributed by atoms with E-state index in [2.05, 4.69) is 16.8 Å². The maximum Gasteiger partial charge on any atom is 0.420 e. The molecule has 0 unspecified atom stereocenters. The average molecular weight is 496 g/mol. The van der Waals surface area contributed by atoms with Crippen LogP contribution >= 0.6 is 0 Å². The van der Waals surface area contributed by atoms with Crippen LogP contribution in [0.15, 0.2) is 51.7 Å². The fourth-order valence-electron chi connectivity index (χ4n) is 4.47. The van der Waals surface area contributed by atoms with Crippen molar-refractivity contribution >= 4 is 28.8 Å². The minimum atomic E-state index is -1.01. The van der Waals surface area contributed by atoms with Crippen molar-refractivity contribution < 1.29 is 19.1 Å². The quantitative estimate of drug-likeness (QED) is 0.512. The molecule has 0 atom stereocenters. The first-order valence-corrected chi connectivity index (χ1v) is 12.1. The number of oxazole rings is 1. The number of benzene rings is 2. The van der Waals surface area contributed by atoms with Crippen LogP contribution in [0.1, 0.15) is 22.3 Å². The third kappa shape index (κ3) is 5.77. The van der Waals surface area contributed by atoms with E-state index in [0.717, 1.165) is 44.7 Å². The minimum absolute atomic E-state index is 0.173. The summed E-state index contributed by atoms with van der Waals surface area (Å²) >= 11 is 0. The number of carboxylic acid groups (broad SMARTS) is 1. The summed E-state index contributed by atoms with van der Waals surface area (Å²) in [6, 6.07) is 12.1. The van der Waals surface area contributed by atoms with Crippen LogP contribution in [-0.4, -0.2) is 96.8 Å². The molecule has 1 aliphatic heterocycles. The molecule has 0 radical (unpaired) electrons. The molecular weight excluding hydrogens is 462 g/mol. The number of fused-ring (bicyclic) bond motifs is 1. The molecule has 192 valence electrons. The second kappa shape index (κ2) is 11.0. The number of aromatic nitrogens is 1. The lowest BCUT2D eigenvalue weighted by molar-refractivity contribution is 0.0827. The molecule has 1 saturated heterocycles. The van der Waals surface area contributed by atoms with E-state index in [1.807, 2.05) is 6.07 Å². The second-order valence-corrected chi connectivity index (χ2v) is 9.44. The van der Waals surface area contributed by atoms with Gasteiger partial charge in [-0.1, -0.05) is 12.1 Å². The number of rotatable bonds is 8. The lowest BCUT2D eigenvalue weighted by atomic mass is 10.1. The van der Waals surface area contributed by atoms with Crippen LogP contribution in [0.3, 0.4) is 0 Å². The molecule has 36 heavy (non-hydrogen) atoms. The van der Waals surface area contributed by atoms with Crippen LogP contribution in [0, 0.1) is 0 Å². The van der Waals surface area contributed by atoms with Crippen LogP contribution in [0.25, 0.3) is 11.1 Å². The third-order valence-corrected chi connectivity index (χ3v) is 6.57. The Morgan fingerprint density at radius 3 is 2.50 bits per heavy atom. The Morgan fingerprint density at radius 1 is 1.06 bits per heavy atom. The van der Waals surface area contributed by atoms with Crippen LogP contribution in [-0.2, 0) is 6.54 Å². The summed E-state index contributed by atoms with van der Waals surface area (Å²) in [6.45, 7) is 5.46. The Bertz CT molecular complexity index is 1290. The summed E-state index contributed by atoms with van der Waals surface area (Å²) in [5.74, 6) is -0.708. The highest BCUT2D eigenvalue weighted by Crippen LogP contribution is 2.21. The normalized spacial score (nSPS) is 14.8. The Morgan fingerprint density at radius 2 is 1.81 bits per heavy atom. The Balaban J connectivity index is 1.51. The van der Waals surface area contributed by atoms with Crippen molar-refractivity contribution in [3.8, 4) is 0 Å². The van der Waals surface area contributed by atoms with E-state index in [0.29, 0.717) is 28.9 Å². The molecule has 0 bridgehead atoms. The molecule has 1 aliphatic rings. The van der Waals surface area contributed by atoms with Crippen molar-refractivity contribution in [1.29, 1.82) is 0 Å². The highest BCUT2D eigenvalue weighted by atomic mass is 16.4. The molecule has 10 heteroatoms. The highest BCUT2D eigenvalue weighted by molar-refractivity contribution is 5.96. The number of hydrogen-bond acceptors (Lipinski definition) is 6. The zero-order chi connectivity index (χ0) is 25.8.